The number of hydrogen-bond donors (Lipinski definition) is 3. The molecule has 0 saturated heterocycles. The Morgan fingerprint density at radius 3 is 2.29 bits per heavy atom. The van der Waals surface area contributed by atoms with E-state index in [0.29, 0.717) is 22.6 Å². The summed E-state index contributed by atoms with van der Waals surface area (Å²) in [7, 11) is -2.78. The van der Waals surface area contributed by atoms with Crippen molar-refractivity contribution in [2.45, 2.75) is 57.0 Å². The quantitative estimate of drug-likeness (QED) is 0.161. The van der Waals surface area contributed by atoms with Crippen molar-refractivity contribution in [1.82, 2.24) is 10.0 Å². The minimum absolute atomic E-state index is 0.0968. The summed E-state index contributed by atoms with van der Waals surface area (Å²) in [5, 5.41) is 17.2. The third-order valence-corrected chi connectivity index (χ3v) is 8.47. The largest absolute Gasteiger partial charge is 0.468 e. The first-order valence-corrected chi connectivity index (χ1v) is 14.7. The molecule has 3 aromatic carbocycles. The third-order valence-electron chi connectivity index (χ3n) is 6.70. The fourth-order valence-corrected chi connectivity index (χ4v) is 6.45. The van der Waals surface area contributed by atoms with Crippen LogP contribution in [0.5, 0.6) is 0 Å². The number of benzene rings is 3. The van der Waals surface area contributed by atoms with E-state index in [9.17, 15) is 23.3 Å². The Morgan fingerprint density at radius 1 is 1.05 bits per heavy atom. The first-order valence-electron chi connectivity index (χ1n) is 13.2. The van der Waals surface area contributed by atoms with Gasteiger partial charge in [-0.05, 0) is 80.0 Å². The molecule has 0 amide bonds. The van der Waals surface area contributed by atoms with Crippen molar-refractivity contribution in [3.8, 4) is 11.1 Å². The summed E-state index contributed by atoms with van der Waals surface area (Å²) in [4.78, 5) is 23.3. The molecule has 3 N–H and O–H groups in total. The van der Waals surface area contributed by atoms with Crippen molar-refractivity contribution in [3.63, 3.8) is 0 Å². The molecule has 0 aliphatic heterocycles. The highest BCUT2D eigenvalue weighted by Gasteiger charge is 2.29. The zero-order valence-corrected chi connectivity index (χ0v) is 24.2. The van der Waals surface area contributed by atoms with Gasteiger partial charge in [-0.2, -0.15) is 4.72 Å². The van der Waals surface area contributed by atoms with Crippen LogP contribution in [0.3, 0.4) is 0 Å². The molecule has 1 aliphatic carbocycles. The second-order valence-electron chi connectivity index (χ2n) is 10.3. The van der Waals surface area contributed by atoms with Crippen LogP contribution in [0.25, 0.3) is 11.1 Å². The van der Waals surface area contributed by atoms with Crippen molar-refractivity contribution in [3.05, 3.63) is 105 Å². The van der Waals surface area contributed by atoms with E-state index in [2.05, 4.69) is 15.4 Å². The number of rotatable bonds is 12. The predicted molar refractivity (Wildman–Crippen MR) is 157 cm³/mol. The topological polar surface area (TPSA) is 140 Å². The minimum Gasteiger partial charge on any atom is -0.468 e. The number of carbonyl (C=O) groups excluding carboxylic acids is 1. The molecule has 41 heavy (non-hydrogen) atoms. The Labute approximate surface area is 240 Å². The van der Waals surface area contributed by atoms with E-state index in [4.69, 9.17) is 4.74 Å². The Kier molecular flexibility index (Phi) is 9.09. The number of nitro groups is 1. The van der Waals surface area contributed by atoms with Gasteiger partial charge in [-0.25, -0.2) is 8.42 Å². The van der Waals surface area contributed by atoms with Crippen LogP contribution in [0, 0.1) is 30.9 Å². The summed E-state index contributed by atoms with van der Waals surface area (Å²) in [6.07, 6.45) is 2.98. The first-order chi connectivity index (χ1) is 19.4. The summed E-state index contributed by atoms with van der Waals surface area (Å²) in [6.45, 7) is 5.36. The molecule has 216 valence electrons. The summed E-state index contributed by atoms with van der Waals surface area (Å²) in [5.41, 5.74) is 5.34. The van der Waals surface area contributed by atoms with E-state index in [1.54, 1.807) is 26.0 Å². The van der Waals surface area contributed by atoms with Crippen LogP contribution in [0.1, 0.15) is 35.1 Å². The van der Waals surface area contributed by atoms with Gasteiger partial charge in [0.25, 0.3) is 6.20 Å². The molecule has 3 aromatic rings. The average Bonchev–Trinajstić information content (AvgIpc) is 3.71. The van der Waals surface area contributed by atoms with Crippen LogP contribution in [-0.2, 0) is 26.0 Å². The maximum Gasteiger partial charge on any atom is 0.324 e. The second-order valence-corrected chi connectivity index (χ2v) is 11.9. The number of esters is 1. The summed E-state index contributed by atoms with van der Waals surface area (Å²) in [5.74, 6) is -0.352. The second kappa shape index (κ2) is 12.5. The molecular formula is C30H34N4O6S. The highest BCUT2D eigenvalue weighted by molar-refractivity contribution is 7.89. The van der Waals surface area contributed by atoms with Gasteiger partial charge in [0.2, 0.25) is 10.0 Å². The average molecular weight is 579 g/mol. The molecule has 11 heteroatoms. The van der Waals surface area contributed by atoms with E-state index in [-0.39, 0.29) is 17.4 Å². The number of carbonyl (C=O) groups is 1. The molecule has 1 saturated carbocycles. The normalized spacial score (nSPS) is 14.3. The van der Waals surface area contributed by atoms with Gasteiger partial charge in [0.1, 0.15) is 6.04 Å². The number of methoxy groups -OCH3 is 1. The van der Waals surface area contributed by atoms with Crippen LogP contribution in [0.4, 0.5) is 5.69 Å². The van der Waals surface area contributed by atoms with Crippen molar-refractivity contribution >= 4 is 21.7 Å². The molecule has 1 atom stereocenters. The molecule has 0 spiro atoms. The van der Waals surface area contributed by atoms with Crippen LogP contribution in [0.15, 0.2) is 77.6 Å². The number of ether oxygens (including phenoxy) is 1. The first kappa shape index (κ1) is 29.8. The molecule has 0 aromatic heterocycles. The molecule has 10 nitrogen and oxygen atoms in total. The fourth-order valence-electron chi connectivity index (χ4n) is 4.81. The Bertz CT molecular complexity index is 1560. The SMILES string of the molecule is COC(=O)[C@H](Cc1ccc(-c2cccc(N/C(=C/[N+](=O)[O-])NC3CC3)c2)cc1)NS(=O)(=O)c1c(C)cc(C)cc1C. The minimum atomic E-state index is -4.00. The third kappa shape index (κ3) is 7.92. The van der Waals surface area contributed by atoms with Gasteiger partial charge >= 0.3 is 5.97 Å². The van der Waals surface area contributed by atoms with Gasteiger partial charge in [-0.3, -0.25) is 14.9 Å². The van der Waals surface area contributed by atoms with Gasteiger partial charge in [0.05, 0.1) is 16.9 Å². The van der Waals surface area contributed by atoms with Gasteiger partial charge in [0.15, 0.2) is 5.82 Å². The Balaban J connectivity index is 1.51. The lowest BCUT2D eigenvalue weighted by molar-refractivity contribution is -0.403. The number of nitrogens with zero attached hydrogens (tertiary/aromatic N) is 1. The van der Waals surface area contributed by atoms with Gasteiger partial charge < -0.3 is 15.4 Å². The maximum absolute atomic E-state index is 13.3. The van der Waals surface area contributed by atoms with E-state index >= 15 is 0 Å². The molecule has 1 fully saturated rings. The molecule has 1 aliphatic rings. The number of nitrogens with one attached hydrogen (secondary N) is 3. The van der Waals surface area contributed by atoms with Gasteiger partial charge in [-0.15, -0.1) is 0 Å². The fraction of sp³-hybridized carbons (Fsp3) is 0.300. The van der Waals surface area contributed by atoms with Crippen molar-refractivity contribution in [1.29, 1.82) is 0 Å². The number of hydrogen-bond acceptors (Lipinski definition) is 8. The lowest BCUT2D eigenvalue weighted by atomic mass is 10.0. The molecule has 4 rings (SSSR count). The smallest absolute Gasteiger partial charge is 0.324 e. The maximum atomic E-state index is 13.3. The monoisotopic (exact) mass is 578 g/mol. The number of anilines is 1. The highest BCUT2D eigenvalue weighted by atomic mass is 32.2. The lowest BCUT2D eigenvalue weighted by Gasteiger charge is -2.19. The summed E-state index contributed by atoms with van der Waals surface area (Å²) < 4.78 is 34.1. The summed E-state index contributed by atoms with van der Waals surface area (Å²) >= 11 is 0. The number of aryl methyl sites for hydroxylation is 3. The van der Waals surface area contributed by atoms with E-state index in [1.807, 2.05) is 55.5 Å². The van der Waals surface area contributed by atoms with Crippen molar-refractivity contribution in [2.75, 3.05) is 12.4 Å². The molecule has 0 unspecified atom stereocenters. The summed E-state index contributed by atoms with van der Waals surface area (Å²) in [6, 6.07) is 17.6. The molecule has 0 heterocycles. The Hall–Kier alpha value is -4.22. The van der Waals surface area contributed by atoms with E-state index in [1.165, 1.54) is 7.11 Å². The van der Waals surface area contributed by atoms with Crippen LogP contribution in [-0.4, -0.2) is 38.5 Å². The lowest BCUT2D eigenvalue weighted by Crippen LogP contribution is -2.43. The molecule has 0 radical (unpaired) electrons. The van der Waals surface area contributed by atoms with Crippen LogP contribution in [0.2, 0.25) is 0 Å². The van der Waals surface area contributed by atoms with Crippen LogP contribution >= 0.6 is 0 Å². The zero-order valence-electron chi connectivity index (χ0n) is 23.4. The van der Waals surface area contributed by atoms with E-state index in [0.717, 1.165) is 41.3 Å². The Morgan fingerprint density at radius 2 is 1.71 bits per heavy atom. The van der Waals surface area contributed by atoms with Crippen LogP contribution < -0.4 is 15.4 Å². The van der Waals surface area contributed by atoms with Crippen molar-refractivity contribution < 1.29 is 22.9 Å². The van der Waals surface area contributed by atoms with Gasteiger partial charge in [-0.1, -0.05) is 54.1 Å². The standard InChI is InChI=1S/C30H34N4O6S/c1-19-14-20(2)29(21(3)15-19)41(38,39)33-27(30(35)40-4)16-22-8-10-23(11-9-22)24-6-5-7-26(17-24)32-28(18-34(36)37)31-25-12-13-25/h5-11,14-15,17-18,25,27,31-33H,12-13,16H2,1-4H3/b28-18+/t27-/m0/s1. The highest BCUT2D eigenvalue weighted by Crippen LogP contribution is 2.26. The van der Waals surface area contributed by atoms with Gasteiger partial charge in [0, 0.05) is 11.7 Å². The molecular weight excluding hydrogens is 544 g/mol. The van der Waals surface area contributed by atoms with E-state index < -0.39 is 27.0 Å². The number of sulfonamides is 1. The van der Waals surface area contributed by atoms with Crippen molar-refractivity contribution in [2.24, 2.45) is 0 Å². The molecule has 0 bridgehead atoms. The predicted octanol–water partition coefficient (Wildman–Crippen LogP) is 4.58. The zero-order chi connectivity index (χ0) is 29.7.